The minimum absolute atomic E-state index is 0.0275. The first-order valence-corrected chi connectivity index (χ1v) is 7.92. The van der Waals surface area contributed by atoms with Gasteiger partial charge in [-0.1, -0.05) is 39.0 Å². The number of furan rings is 1. The fourth-order valence-corrected chi connectivity index (χ4v) is 3.09. The van der Waals surface area contributed by atoms with Crippen molar-refractivity contribution < 1.29 is 4.42 Å². The van der Waals surface area contributed by atoms with Crippen molar-refractivity contribution in [2.24, 2.45) is 0 Å². The lowest BCUT2D eigenvalue weighted by atomic mass is 9.94. The summed E-state index contributed by atoms with van der Waals surface area (Å²) < 4.78 is 6.07. The molecule has 1 aliphatic rings. The molecule has 2 aromatic rings. The topological polar surface area (TPSA) is 13.1 Å². The molecule has 2 heterocycles. The van der Waals surface area contributed by atoms with Gasteiger partial charge in [-0.2, -0.15) is 0 Å². The molecule has 0 bridgehead atoms. The van der Waals surface area contributed by atoms with E-state index in [1.807, 2.05) is 24.3 Å². The van der Waals surface area contributed by atoms with Crippen molar-refractivity contribution in [1.82, 2.24) is 0 Å². The predicted octanol–water partition coefficient (Wildman–Crippen LogP) is 5.97. The van der Waals surface area contributed by atoms with Gasteiger partial charge >= 0.3 is 0 Å². The summed E-state index contributed by atoms with van der Waals surface area (Å²) in [5.41, 5.74) is 5.58. The van der Waals surface area contributed by atoms with Crippen molar-refractivity contribution in [2.75, 3.05) is 0 Å². The first-order chi connectivity index (χ1) is 10.1. The van der Waals surface area contributed by atoms with Gasteiger partial charge in [0, 0.05) is 16.6 Å². The summed E-state index contributed by atoms with van der Waals surface area (Å²) >= 11 is 1.72. The van der Waals surface area contributed by atoms with Gasteiger partial charge in [0.2, 0.25) is 0 Å². The molecule has 21 heavy (non-hydrogen) atoms. The normalized spacial score (nSPS) is 14.3. The van der Waals surface area contributed by atoms with Crippen LogP contribution in [0, 0.1) is 0 Å². The van der Waals surface area contributed by atoms with Gasteiger partial charge in [-0.25, -0.2) is 0 Å². The lowest BCUT2D eigenvalue weighted by Crippen LogP contribution is -2.08. The van der Waals surface area contributed by atoms with Crippen LogP contribution in [0.2, 0.25) is 0 Å². The number of thiophene rings is 1. The quantitative estimate of drug-likeness (QED) is 0.622. The van der Waals surface area contributed by atoms with Crippen LogP contribution in [-0.4, -0.2) is 0 Å². The van der Waals surface area contributed by atoms with E-state index in [2.05, 4.69) is 56.2 Å². The first-order valence-electron chi connectivity index (χ1n) is 7.04. The van der Waals surface area contributed by atoms with E-state index in [1.165, 1.54) is 4.88 Å². The second-order valence-electron chi connectivity index (χ2n) is 6.05. The van der Waals surface area contributed by atoms with Crippen LogP contribution in [0.25, 0.3) is 16.9 Å². The molecule has 0 radical (unpaired) electrons. The molecule has 106 valence electrons. The highest BCUT2D eigenvalue weighted by atomic mass is 32.1. The lowest BCUT2D eigenvalue weighted by molar-refractivity contribution is 0.417. The minimum Gasteiger partial charge on any atom is -0.460 e. The molecule has 1 nitrogen and oxygen atoms in total. The maximum Gasteiger partial charge on any atom is 0.135 e. The van der Waals surface area contributed by atoms with E-state index in [9.17, 15) is 0 Å². The van der Waals surface area contributed by atoms with Crippen molar-refractivity contribution in [3.05, 3.63) is 70.3 Å². The molecule has 0 aromatic carbocycles. The molecular formula is C19H18OS. The van der Waals surface area contributed by atoms with E-state index in [0.717, 1.165) is 22.7 Å². The summed E-state index contributed by atoms with van der Waals surface area (Å²) in [6.07, 6.45) is 10.1. The Morgan fingerprint density at radius 3 is 2.67 bits per heavy atom. The van der Waals surface area contributed by atoms with Crippen molar-refractivity contribution in [3.63, 3.8) is 0 Å². The van der Waals surface area contributed by atoms with E-state index in [1.54, 1.807) is 11.3 Å². The molecule has 0 spiro atoms. The second kappa shape index (κ2) is 5.40. The van der Waals surface area contributed by atoms with E-state index in [-0.39, 0.29) is 5.41 Å². The van der Waals surface area contributed by atoms with Crippen LogP contribution in [0.5, 0.6) is 0 Å². The molecule has 2 heteroatoms. The van der Waals surface area contributed by atoms with Crippen LogP contribution in [0.4, 0.5) is 0 Å². The molecule has 0 atom stereocenters. The Bertz CT molecular complexity index is 769. The summed E-state index contributed by atoms with van der Waals surface area (Å²) in [5, 5.41) is 2.10. The van der Waals surface area contributed by atoms with Crippen molar-refractivity contribution in [1.29, 1.82) is 0 Å². The summed E-state index contributed by atoms with van der Waals surface area (Å²) in [6.45, 7) is 6.49. The van der Waals surface area contributed by atoms with Gasteiger partial charge < -0.3 is 4.42 Å². The van der Waals surface area contributed by atoms with Crippen molar-refractivity contribution in [2.45, 2.75) is 26.2 Å². The van der Waals surface area contributed by atoms with E-state index < -0.39 is 0 Å². The van der Waals surface area contributed by atoms with Gasteiger partial charge in [0.05, 0.1) is 4.88 Å². The van der Waals surface area contributed by atoms with Crippen molar-refractivity contribution in [3.8, 4) is 11.3 Å². The van der Waals surface area contributed by atoms with Gasteiger partial charge in [0.1, 0.15) is 11.5 Å². The fourth-order valence-electron chi connectivity index (χ4n) is 2.20. The molecule has 0 N–H and O–H groups in total. The predicted molar refractivity (Wildman–Crippen MR) is 90.5 cm³/mol. The molecule has 3 rings (SSSR count). The zero-order chi connectivity index (χ0) is 14.9. The molecular weight excluding hydrogens is 276 g/mol. The van der Waals surface area contributed by atoms with Crippen LogP contribution >= 0.6 is 11.3 Å². The van der Waals surface area contributed by atoms with E-state index in [0.29, 0.717) is 0 Å². The van der Waals surface area contributed by atoms with Crippen LogP contribution in [0.15, 0.2) is 64.1 Å². The van der Waals surface area contributed by atoms with Gasteiger partial charge in [0.25, 0.3) is 0 Å². The first kappa shape index (κ1) is 13.9. The third-order valence-corrected chi connectivity index (χ3v) is 4.29. The molecule has 0 fully saturated rings. The van der Waals surface area contributed by atoms with Crippen LogP contribution in [0.1, 0.15) is 31.4 Å². The fraction of sp³-hybridized carbons (Fsp3) is 0.211. The van der Waals surface area contributed by atoms with Crippen LogP contribution in [0.3, 0.4) is 0 Å². The zero-order valence-electron chi connectivity index (χ0n) is 12.5. The Morgan fingerprint density at radius 1 is 1.05 bits per heavy atom. The number of hydrogen-bond acceptors (Lipinski definition) is 2. The Kier molecular flexibility index (Phi) is 3.59. The second-order valence-corrected chi connectivity index (χ2v) is 6.96. The molecule has 0 aliphatic heterocycles. The monoisotopic (exact) mass is 294 g/mol. The largest absolute Gasteiger partial charge is 0.460 e. The Hall–Kier alpha value is -2.02. The SMILES string of the molecule is CC(C)(C)c1ccc(-c2ccsc2C2=C=CC=CC=C2)o1. The maximum atomic E-state index is 6.07. The van der Waals surface area contributed by atoms with Crippen LogP contribution in [-0.2, 0) is 5.41 Å². The zero-order valence-corrected chi connectivity index (χ0v) is 13.3. The Balaban J connectivity index is 2.04. The summed E-state index contributed by atoms with van der Waals surface area (Å²) in [7, 11) is 0. The standard InChI is InChI=1S/C19H18OS/c1-19(2,3)17-11-10-16(20-17)15-12-13-21-18(15)14-8-6-4-5-7-9-14/h4-8,10-13H,1-3H3. The lowest BCUT2D eigenvalue weighted by Gasteiger charge is -2.14. The van der Waals surface area contributed by atoms with E-state index >= 15 is 0 Å². The highest BCUT2D eigenvalue weighted by Gasteiger charge is 2.20. The molecule has 0 saturated heterocycles. The van der Waals surface area contributed by atoms with Gasteiger partial charge in [-0.3, -0.25) is 0 Å². The molecule has 0 amide bonds. The van der Waals surface area contributed by atoms with Crippen molar-refractivity contribution >= 4 is 16.9 Å². The molecule has 0 saturated carbocycles. The number of allylic oxidation sites excluding steroid dienone is 5. The third kappa shape index (κ3) is 2.87. The van der Waals surface area contributed by atoms with Gasteiger partial charge in [-0.15, -0.1) is 17.1 Å². The third-order valence-electron chi connectivity index (χ3n) is 3.34. The molecule has 2 aromatic heterocycles. The average Bonchev–Trinajstić information content (AvgIpc) is 3.01. The van der Waals surface area contributed by atoms with Crippen LogP contribution < -0.4 is 0 Å². The summed E-state index contributed by atoms with van der Waals surface area (Å²) in [4.78, 5) is 1.20. The van der Waals surface area contributed by atoms with Gasteiger partial charge in [0.15, 0.2) is 0 Å². The Labute approximate surface area is 129 Å². The molecule has 0 unspecified atom stereocenters. The smallest absolute Gasteiger partial charge is 0.135 e. The van der Waals surface area contributed by atoms with E-state index in [4.69, 9.17) is 4.42 Å². The minimum atomic E-state index is 0.0275. The number of rotatable bonds is 2. The number of hydrogen-bond donors (Lipinski definition) is 0. The highest BCUT2D eigenvalue weighted by Crippen LogP contribution is 2.37. The van der Waals surface area contributed by atoms with Gasteiger partial charge in [-0.05, 0) is 35.7 Å². The summed E-state index contributed by atoms with van der Waals surface area (Å²) in [5.74, 6) is 1.94. The maximum absolute atomic E-state index is 6.07. The summed E-state index contributed by atoms with van der Waals surface area (Å²) in [6, 6.07) is 6.26. The average molecular weight is 294 g/mol. The molecule has 1 aliphatic carbocycles. The Morgan fingerprint density at radius 2 is 1.90 bits per heavy atom. The highest BCUT2D eigenvalue weighted by molar-refractivity contribution is 7.11.